The smallest absolute Gasteiger partial charge is 0.136 e. The molecule has 1 aromatic rings. The normalized spacial score (nSPS) is 23.9. The number of benzene rings is 1. The average molecular weight is 243 g/mol. The van der Waals surface area contributed by atoms with E-state index in [0.717, 1.165) is 12.0 Å². The van der Waals surface area contributed by atoms with Gasteiger partial charge in [-0.05, 0) is 30.0 Å². The summed E-state index contributed by atoms with van der Waals surface area (Å²) in [6, 6.07) is 5.48. The fourth-order valence-electron chi connectivity index (χ4n) is 2.00. The maximum atomic E-state index is 11.5. The Bertz CT molecular complexity index is 380. The minimum absolute atomic E-state index is 0.146. The zero-order valence-corrected chi connectivity index (χ0v) is 9.98. The summed E-state index contributed by atoms with van der Waals surface area (Å²) < 4.78 is 0. The van der Waals surface area contributed by atoms with Crippen molar-refractivity contribution in [3.63, 3.8) is 0 Å². The van der Waals surface area contributed by atoms with Crippen molar-refractivity contribution in [3.05, 3.63) is 33.8 Å². The highest BCUT2D eigenvalue weighted by atomic mass is 35.5. The Balaban J connectivity index is 2.23. The summed E-state index contributed by atoms with van der Waals surface area (Å²) in [4.78, 5) is 11.5. The summed E-state index contributed by atoms with van der Waals surface area (Å²) in [6.07, 6.45) is 1.50. The first-order valence-corrected chi connectivity index (χ1v) is 5.87. The molecule has 1 nitrogen and oxygen atoms in total. The van der Waals surface area contributed by atoms with E-state index in [9.17, 15) is 4.79 Å². The fourth-order valence-corrected chi connectivity index (χ4v) is 2.67. The second-order valence-corrected chi connectivity index (χ2v) is 4.72. The molecule has 0 aliphatic heterocycles. The first-order chi connectivity index (χ1) is 7.15. The van der Waals surface area contributed by atoms with Gasteiger partial charge in [-0.25, -0.2) is 0 Å². The number of carbonyl (C=O) groups excluding carboxylic acids is 1. The van der Waals surface area contributed by atoms with Crippen LogP contribution in [0.4, 0.5) is 0 Å². The van der Waals surface area contributed by atoms with E-state index < -0.39 is 0 Å². The van der Waals surface area contributed by atoms with Crippen molar-refractivity contribution in [1.29, 1.82) is 0 Å². The highest BCUT2D eigenvalue weighted by Crippen LogP contribution is 2.52. The van der Waals surface area contributed by atoms with Gasteiger partial charge in [-0.15, -0.1) is 0 Å². The molecule has 80 valence electrons. The summed E-state index contributed by atoms with van der Waals surface area (Å²) in [5.41, 5.74) is 0.952. The van der Waals surface area contributed by atoms with Crippen molar-refractivity contribution >= 4 is 29.0 Å². The Kier molecular flexibility index (Phi) is 3.03. The Labute approximate surface area is 99.4 Å². The zero-order chi connectivity index (χ0) is 11.0. The molecular weight excluding hydrogens is 231 g/mol. The molecule has 1 aliphatic carbocycles. The Morgan fingerprint density at radius 1 is 1.40 bits per heavy atom. The van der Waals surface area contributed by atoms with E-state index in [-0.39, 0.29) is 11.8 Å². The number of Topliss-reactive ketones (excluding diaryl/α,β-unsaturated/α-hetero) is 1. The second kappa shape index (κ2) is 4.15. The van der Waals surface area contributed by atoms with Crippen molar-refractivity contribution in [1.82, 2.24) is 0 Å². The highest BCUT2D eigenvalue weighted by molar-refractivity contribution is 6.36. The molecule has 0 bridgehead atoms. The lowest BCUT2D eigenvalue weighted by Crippen LogP contribution is -1.99. The second-order valence-electron chi connectivity index (χ2n) is 3.90. The van der Waals surface area contributed by atoms with Gasteiger partial charge in [0, 0.05) is 22.4 Å². The lowest BCUT2D eigenvalue weighted by atomic mass is 10.1. The van der Waals surface area contributed by atoms with E-state index in [1.54, 1.807) is 0 Å². The number of hydrogen-bond acceptors (Lipinski definition) is 1. The largest absolute Gasteiger partial charge is 0.299 e. The molecule has 1 aliphatic rings. The number of carbonyl (C=O) groups is 1. The van der Waals surface area contributed by atoms with Gasteiger partial charge in [0.2, 0.25) is 0 Å². The molecule has 0 radical (unpaired) electrons. The molecule has 1 fully saturated rings. The Morgan fingerprint density at radius 2 is 2.00 bits per heavy atom. The number of hydrogen-bond donors (Lipinski definition) is 0. The van der Waals surface area contributed by atoms with Crippen LogP contribution in [0.5, 0.6) is 0 Å². The summed E-state index contributed by atoms with van der Waals surface area (Å²) in [7, 11) is 0. The third-order valence-corrected chi connectivity index (χ3v) is 3.58. The Morgan fingerprint density at radius 3 is 2.53 bits per heavy atom. The van der Waals surface area contributed by atoms with Gasteiger partial charge in [0.05, 0.1) is 0 Å². The van der Waals surface area contributed by atoms with Crippen LogP contribution in [0, 0.1) is 5.92 Å². The van der Waals surface area contributed by atoms with E-state index in [1.165, 1.54) is 0 Å². The van der Waals surface area contributed by atoms with E-state index >= 15 is 0 Å². The summed E-state index contributed by atoms with van der Waals surface area (Å²) >= 11 is 12.2. The van der Waals surface area contributed by atoms with Crippen LogP contribution in [0.25, 0.3) is 0 Å². The fraction of sp³-hybridized carbons (Fsp3) is 0.417. The van der Waals surface area contributed by atoms with Crippen LogP contribution in [-0.4, -0.2) is 5.78 Å². The van der Waals surface area contributed by atoms with Crippen LogP contribution in [0.15, 0.2) is 18.2 Å². The van der Waals surface area contributed by atoms with Crippen LogP contribution in [0.1, 0.15) is 31.2 Å². The monoisotopic (exact) mass is 242 g/mol. The van der Waals surface area contributed by atoms with Gasteiger partial charge >= 0.3 is 0 Å². The molecule has 0 saturated heterocycles. The van der Waals surface area contributed by atoms with E-state index in [2.05, 4.69) is 0 Å². The molecule has 15 heavy (non-hydrogen) atoms. The van der Waals surface area contributed by atoms with Gasteiger partial charge in [-0.2, -0.15) is 0 Å². The molecule has 0 spiro atoms. The maximum Gasteiger partial charge on any atom is 0.136 e. The third kappa shape index (κ3) is 2.04. The molecule has 0 heterocycles. The third-order valence-electron chi connectivity index (χ3n) is 2.92. The number of rotatable bonds is 3. The molecule has 2 rings (SSSR count). The number of ketones is 1. The maximum absolute atomic E-state index is 11.5. The molecule has 3 heteroatoms. The first kappa shape index (κ1) is 11.0. The Hall–Kier alpha value is -0.530. The van der Waals surface area contributed by atoms with Crippen LogP contribution < -0.4 is 0 Å². The summed E-state index contributed by atoms with van der Waals surface area (Å²) in [5.74, 6) is 0.710. The van der Waals surface area contributed by atoms with Crippen molar-refractivity contribution in [2.45, 2.75) is 25.7 Å². The molecule has 0 amide bonds. The average Bonchev–Trinajstić information content (AvgIpc) is 2.96. The molecule has 1 aromatic carbocycles. The van der Waals surface area contributed by atoms with Crippen LogP contribution in [0.3, 0.4) is 0 Å². The van der Waals surface area contributed by atoms with E-state index in [4.69, 9.17) is 23.2 Å². The SMILES string of the molecule is CCC(=O)C1CC1c1c(Cl)cccc1Cl. The molecule has 0 N–H and O–H groups in total. The minimum atomic E-state index is 0.146. The van der Waals surface area contributed by atoms with Gasteiger partial charge < -0.3 is 0 Å². The highest BCUT2D eigenvalue weighted by Gasteiger charge is 2.44. The van der Waals surface area contributed by atoms with Crippen molar-refractivity contribution in [2.24, 2.45) is 5.92 Å². The molecule has 2 atom stereocenters. The van der Waals surface area contributed by atoms with Gasteiger partial charge in [0.1, 0.15) is 5.78 Å². The van der Waals surface area contributed by atoms with Crippen LogP contribution >= 0.6 is 23.2 Å². The minimum Gasteiger partial charge on any atom is -0.299 e. The summed E-state index contributed by atoms with van der Waals surface area (Å²) in [5, 5.41) is 1.36. The lowest BCUT2D eigenvalue weighted by Gasteiger charge is -2.05. The van der Waals surface area contributed by atoms with Gasteiger partial charge in [0.15, 0.2) is 0 Å². The summed E-state index contributed by atoms with van der Waals surface area (Å²) in [6.45, 7) is 1.89. The van der Waals surface area contributed by atoms with E-state index in [1.807, 2.05) is 25.1 Å². The number of halogens is 2. The van der Waals surface area contributed by atoms with Crippen molar-refractivity contribution in [2.75, 3.05) is 0 Å². The standard InChI is InChI=1S/C12H12Cl2O/c1-2-11(15)7-6-8(7)12-9(13)4-3-5-10(12)14/h3-5,7-8H,2,6H2,1H3. The molecule has 0 aromatic heterocycles. The zero-order valence-electron chi connectivity index (χ0n) is 8.47. The van der Waals surface area contributed by atoms with Crippen molar-refractivity contribution in [3.8, 4) is 0 Å². The first-order valence-electron chi connectivity index (χ1n) is 5.11. The molecule has 2 unspecified atom stereocenters. The topological polar surface area (TPSA) is 17.1 Å². The molecular formula is C12H12Cl2O. The van der Waals surface area contributed by atoms with Gasteiger partial charge in [-0.1, -0.05) is 36.2 Å². The van der Waals surface area contributed by atoms with Gasteiger partial charge in [0.25, 0.3) is 0 Å². The van der Waals surface area contributed by atoms with Crippen molar-refractivity contribution < 1.29 is 4.79 Å². The molecule has 1 saturated carbocycles. The predicted molar refractivity (Wildman–Crippen MR) is 62.6 cm³/mol. The quantitative estimate of drug-likeness (QED) is 0.781. The van der Waals surface area contributed by atoms with Crippen LogP contribution in [-0.2, 0) is 4.79 Å². The predicted octanol–water partition coefficient (Wildman–Crippen LogP) is 4.08. The lowest BCUT2D eigenvalue weighted by molar-refractivity contribution is -0.120. The van der Waals surface area contributed by atoms with E-state index in [0.29, 0.717) is 22.2 Å². The van der Waals surface area contributed by atoms with Crippen LogP contribution in [0.2, 0.25) is 10.0 Å². The van der Waals surface area contributed by atoms with Gasteiger partial charge in [-0.3, -0.25) is 4.79 Å².